The van der Waals surface area contributed by atoms with Crippen molar-refractivity contribution in [2.45, 2.75) is 44.6 Å². The van der Waals surface area contributed by atoms with Gasteiger partial charge in [-0.3, -0.25) is 4.79 Å². The van der Waals surface area contributed by atoms with Crippen molar-refractivity contribution in [3.8, 4) is 0 Å². The van der Waals surface area contributed by atoms with E-state index in [0.29, 0.717) is 6.61 Å². The number of halogens is 3. The van der Waals surface area contributed by atoms with E-state index in [2.05, 4.69) is 10.3 Å². The van der Waals surface area contributed by atoms with Gasteiger partial charge >= 0.3 is 6.18 Å². The van der Waals surface area contributed by atoms with Crippen molar-refractivity contribution in [3.63, 3.8) is 0 Å². The topological polar surface area (TPSA) is 60.5 Å². The normalized spacial score (nSPS) is 20.1. The zero-order chi connectivity index (χ0) is 16.9. The Balaban J connectivity index is 1.85. The van der Waals surface area contributed by atoms with Gasteiger partial charge in [-0.2, -0.15) is 13.2 Å². The van der Waals surface area contributed by atoms with Crippen molar-refractivity contribution >= 4 is 11.7 Å². The van der Waals surface area contributed by atoms with E-state index < -0.39 is 23.9 Å². The number of nitrogens with one attached hydrogen (secondary N) is 1. The zero-order valence-corrected chi connectivity index (χ0v) is 12.7. The van der Waals surface area contributed by atoms with Crippen molar-refractivity contribution in [1.82, 2.24) is 4.98 Å². The molecule has 0 bridgehead atoms. The van der Waals surface area contributed by atoms with Crippen LogP contribution in [-0.2, 0) is 20.4 Å². The fourth-order valence-electron chi connectivity index (χ4n) is 2.16. The largest absolute Gasteiger partial charge is 0.433 e. The molecule has 128 valence electrons. The molecule has 1 aliphatic heterocycles. The first-order valence-electron chi connectivity index (χ1n) is 7.44. The molecule has 23 heavy (non-hydrogen) atoms. The zero-order valence-electron chi connectivity index (χ0n) is 12.7. The molecule has 1 aromatic heterocycles. The first-order chi connectivity index (χ1) is 10.9. The van der Waals surface area contributed by atoms with Gasteiger partial charge in [-0.15, -0.1) is 0 Å². The Bertz CT molecular complexity index is 531. The maximum atomic E-state index is 12.6. The Morgan fingerprint density at radius 3 is 2.91 bits per heavy atom. The van der Waals surface area contributed by atoms with Crippen LogP contribution in [-0.4, -0.2) is 36.3 Å². The van der Waals surface area contributed by atoms with Crippen molar-refractivity contribution in [2.75, 3.05) is 18.5 Å². The van der Waals surface area contributed by atoms with Gasteiger partial charge in [0.25, 0.3) is 5.91 Å². The van der Waals surface area contributed by atoms with Gasteiger partial charge in [0.1, 0.15) is 17.6 Å². The number of alkyl halides is 3. The maximum Gasteiger partial charge on any atom is 0.433 e. The summed E-state index contributed by atoms with van der Waals surface area (Å²) in [5.41, 5.74) is -1.06. The minimum atomic E-state index is -4.55. The average Bonchev–Trinajstić information content (AvgIpc) is 2.53. The van der Waals surface area contributed by atoms with Crippen LogP contribution in [0.4, 0.5) is 19.0 Å². The Kier molecular flexibility index (Phi) is 5.95. The summed E-state index contributed by atoms with van der Waals surface area (Å²) >= 11 is 0. The molecule has 0 aliphatic carbocycles. The molecule has 5 nitrogen and oxygen atoms in total. The van der Waals surface area contributed by atoms with E-state index in [0.717, 1.165) is 25.3 Å². The van der Waals surface area contributed by atoms with Crippen LogP contribution in [0.1, 0.15) is 31.9 Å². The van der Waals surface area contributed by atoms with Crippen molar-refractivity contribution in [3.05, 3.63) is 23.9 Å². The molecule has 1 aromatic rings. The van der Waals surface area contributed by atoms with Crippen LogP contribution in [0.15, 0.2) is 18.2 Å². The summed E-state index contributed by atoms with van der Waals surface area (Å²) in [6.07, 6.45) is -2.44. The Morgan fingerprint density at radius 1 is 1.48 bits per heavy atom. The fraction of sp³-hybridized carbons (Fsp3) is 0.600. The maximum absolute atomic E-state index is 12.6. The van der Waals surface area contributed by atoms with Crippen molar-refractivity contribution in [2.24, 2.45) is 0 Å². The molecule has 1 fully saturated rings. The van der Waals surface area contributed by atoms with E-state index in [1.165, 1.54) is 19.1 Å². The minimum Gasteiger partial charge on any atom is -0.376 e. The SMILES string of the molecule is CC(OCC1CCCCO1)C(=O)Nc1cccc(C(F)(F)F)n1. The summed E-state index contributed by atoms with van der Waals surface area (Å²) < 4.78 is 48.6. The molecule has 2 unspecified atom stereocenters. The van der Waals surface area contributed by atoms with Crippen LogP contribution in [0, 0.1) is 0 Å². The van der Waals surface area contributed by atoms with Crippen LogP contribution in [0.5, 0.6) is 0 Å². The van der Waals surface area contributed by atoms with Crippen LogP contribution in [0.3, 0.4) is 0 Å². The third kappa shape index (κ3) is 5.47. The van der Waals surface area contributed by atoms with E-state index in [9.17, 15) is 18.0 Å². The van der Waals surface area contributed by atoms with Crippen LogP contribution < -0.4 is 5.32 Å². The third-order valence-corrected chi connectivity index (χ3v) is 3.47. The number of amides is 1. The number of nitrogens with zero attached hydrogens (tertiary/aromatic N) is 1. The quantitative estimate of drug-likeness (QED) is 0.900. The summed E-state index contributed by atoms with van der Waals surface area (Å²) in [4.78, 5) is 15.3. The number of hydrogen-bond acceptors (Lipinski definition) is 4. The number of aromatic nitrogens is 1. The van der Waals surface area contributed by atoms with Gasteiger partial charge < -0.3 is 14.8 Å². The van der Waals surface area contributed by atoms with Crippen molar-refractivity contribution < 1.29 is 27.4 Å². The summed E-state index contributed by atoms with van der Waals surface area (Å²) in [5, 5.41) is 2.33. The van der Waals surface area contributed by atoms with E-state index in [1.807, 2.05) is 0 Å². The van der Waals surface area contributed by atoms with E-state index in [1.54, 1.807) is 0 Å². The van der Waals surface area contributed by atoms with Gasteiger partial charge in [0.15, 0.2) is 0 Å². The molecule has 1 aliphatic rings. The second kappa shape index (κ2) is 7.74. The molecule has 2 atom stereocenters. The number of ether oxygens (including phenoxy) is 2. The van der Waals surface area contributed by atoms with Crippen LogP contribution >= 0.6 is 0 Å². The number of carbonyl (C=O) groups excluding carboxylic acids is 1. The van der Waals surface area contributed by atoms with Gasteiger partial charge in [-0.1, -0.05) is 6.07 Å². The molecule has 1 N–H and O–H groups in total. The number of rotatable bonds is 5. The second-order valence-electron chi connectivity index (χ2n) is 5.36. The molecule has 0 saturated carbocycles. The average molecular weight is 332 g/mol. The highest BCUT2D eigenvalue weighted by Gasteiger charge is 2.32. The van der Waals surface area contributed by atoms with Crippen molar-refractivity contribution in [1.29, 1.82) is 0 Å². The minimum absolute atomic E-state index is 0.0364. The van der Waals surface area contributed by atoms with E-state index in [-0.39, 0.29) is 18.5 Å². The lowest BCUT2D eigenvalue weighted by Crippen LogP contribution is -2.33. The third-order valence-electron chi connectivity index (χ3n) is 3.47. The Morgan fingerprint density at radius 2 is 2.26 bits per heavy atom. The van der Waals surface area contributed by atoms with E-state index >= 15 is 0 Å². The number of anilines is 1. The Labute approximate surface area is 132 Å². The number of pyridine rings is 1. The first-order valence-corrected chi connectivity index (χ1v) is 7.44. The molecule has 8 heteroatoms. The summed E-state index contributed by atoms with van der Waals surface area (Å²) in [5.74, 6) is -0.707. The Hall–Kier alpha value is -1.67. The highest BCUT2D eigenvalue weighted by atomic mass is 19.4. The predicted molar refractivity (Wildman–Crippen MR) is 76.9 cm³/mol. The lowest BCUT2D eigenvalue weighted by Gasteiger charge is -2.23. The highest BCUT2D eigenvalue weighted by Crippen LogP contribution is 2.28. The predicted octanol–water partition coefficient (Wildman–Crippen LogP) is 3.01. The van der Waals surface area contributed by atoms with Crippen LogP contribution in [0.2, 0.25) is 0 Å². The smallest absolute Gasteiger partial charge is 0.376 e. The molecule has 0 spiro atoms. The number of carbonyl (C=O) groups is 1. The highest BCUT2D eigenvalue weighted by molar-refractivity contribution is 5.93. The fourth-order valence-corrected chi connectivity index (χ4v) is 2.16. The second-order valence-corrected chi connectivity index (χ2v) is 5.36. The van der Waals surface area contributed by atoms with Gasteiger partial charge in [0, 0.05) is 6.61 Å². The summed E-state index contributed by atoms with van der Waals surface area (Å²) in [7, 11) is 0. The lowest BCUT2D eigenvalue weighted by atomic mass is 10.1. The molecule has 2 heterocycles. The van der Waals surface area contributed by atoms with Crippen LogP contribution in [0.25, 0.3) is 0 Å². The van der Waals surface area contributed by atoms with Gasteiger partial charge in [0.05, 0.1) is 12.7 Å². The molecule has 1 amide bonds. The van der Waals surface area contributed by atoms with Gasteiger partial charge in [-0.25, -0.2) is 4.98 Å². The molecule has 1 saturated heterocycles. The molecule has 2 rings (SSSR count). The van der Waals surface area contributed by atoms with Gasteiger partial charge in [-0.05, 0) is 38.3 Å². The van der Waals surface area contributed by atoms with Gasteiger partial charge in [0.2, 0.25) is 0 Å². The lowest BCUT2D eigenvalue weighted by molar-refractivity contribution is -0.141. The van der Waals surface area contributed by atoms with E-state index in [4.69, 9.17) is 9.47 Å². The molecule has 0 aromatic carbocycles. The summed E-state index contributed by atoms with van der Waals surface area (Å²) in [6.45, 7) is 2.50. The first kappa shape index (κ1) is 17.7. The summed E-state index contributed by atoms with van der Waals surface area (Å²) in [6, 6.07) is 3.33. The standard InChI is InChI=1S/C15H19F3N2O3/c1-10(23-9-11-5-2-3-8-22-11)14(21)20-13-7-4-6-12(19-13)15(16,17)18/h4,6-7,10-11H,2-3,5,8-9H2,1H3,(H,19,20,21). The number of hydrogen-bond donors (Lipinski definition) is 1. The monoisotopic (exact) mass is 332 g/mol. The molecular formula is C15H19F3N2O3. The molecule has 0 radical (unpaired) electrons. The molecular weight excluding hydrogens is 313 g/mol.